The third-order valence-corrected chi connectivity index (χ3v) is 2.98. The highest BCUT2D eigenvalue weighted by molar-refractivity contribution is 4.98. The summed E-state index contributed by atoms with van der Waals surface area (Å²) in [5, 5.41) is 10.2. The molecule has 2 nitrogen and oxygen atoms in total. The first-order valence-corrected chi connectivity index (χ1v) is 4.84. The van der Waals surface area contributed by atoms with Crippen LogP contribution in [0.2, 0.25) is 0 Å². The number of hydrogen-bond acceptors (Lipinski definition) is 2. The number of aliphatic hydroxyl groups is 1. The molecule has 1 aliphatic rings. The summed E-state index contributed by atoms with van der Waals surface area (Å²) in [7, 11) is 0. The molecular formula is C10H21NO. The normalized spacial score (nSPS) is 25.8. The highest BCUT2D eigenvalue weighted by atomic mass is 16.3. The second-order valence-corrected chi connectivity index (χ2v) is 5.15. The van der Waals surface area contributed by atoms with Gasteiger partial charge >= 0.3 is 0 Å². The van der Waals surface area contributed by atoms with E-state index in [2.05, 4.69) is 20.8 Å². The van der Waals surface area contributed by atoms with Crippen LogP contribution in [-0.4, -0.2) is 16.7 Å². The van der Waals surface area contributed by atoms with Gasteiger partial charge in [-0.15, -0.1) is 0 Å². The molecule has 12 heavy (non-hydrogen) atoms. The minimum atomic E-state index is -0.585. The Labute approximate surface area is 75.2 Å². The minimum Gasteiger partial charge on any atom is -0.388 e. The van der Waals surface area contributed by atoms with Gasteiger partial charge in [0.15, 0.2) is 0 Å². The first-order valence-electron chi connectivity index (χ1n) is 4.84. The zero-order chi connectivity index (χ0) is 9.41. The lowest BCUT2D eigenvalue weighted by Gasteiger charge is -2.38. The van der Waals surface area contributed by atoms with E-state index >= 15 is 0 Å². The number of hydrogen-bond donors (Lipinski definition) is 2. The molecule has 0 aliphatic heterocycles. The third-order valence-electron chi connectivity index (χ3n) is 2.98. The molecule has 0 aromatic rings. The van der Waals surface area contributed by atoms with Crippen molar-refractivity contribution in [2.45, 2.75) is 58.1 Å². The van der Waals surface area contributed by atoms with E-state index in [0.717, 1.165) is 25.7 Å². The fourth-order valence-corrected chi connectivity index (χ4v) is 2.10. The van der Waals surface area contributed by atoms with Crippen LogP contribution in [0, 0.1) is 5.41 Å². The molecule has 0 radical (unpaired) electrons. The topological polar surface area (TPSA) is 46.2 Å². The van der Waals surface area contributed by atoms with Gasteiger partial charge in [-0.25, -0.2) is 0 Å². The molecule has 1 fully saturated rings. The molecule has 0 spiro atoms. The van der Waals surface area contributed by atoms with Crippen molar-refractivity contribution in [2.75, 3.05) is 0 Å². The summed E-state index contributed by atoms with van der Waals surface area (Å²) in [4.78, 5) is 0. The van der Waals surface area contributed by atoms with Gasteiger partial charge in [-0.1, -0.05) is 33.6 Å². The number of nitrogens with two attached hydrogens (primary N) is 1. The van der Waals surface area contributed by atoms with Gasteiger partial charge in [-0.2, -0.15) is 0 Å². The Morgan fingerprint density at radius 3 is 2.00 bits per heavy atom. The molecule has 3 N–H and O–H groups in total. The molecule has 2 heteroatoms. The van der Waals surface area contributed by atoms with Crippen molar-refractivity contribution in [3.8, 4) is 0 Å². The Kier molecular flexibility index (Phi) is 2.50. The Bertz CT molecular complexity index is 154. The molecule has 1 atom stereocenters. The molecular weight excluding hydrogens is 150 g/mol. The van der Waals surface area contributed by atoms with E-state index in [9.17, 15) is 5.11 Å². The summed E-state index contributed by atoms with van der Waals surface area (Å²) >= 11 is 0. The Balaban J connectivity index is 2.68. The lowest BCUT2D eigenvalue weighted by Crippen LogP contribution is -2.53. The molecule has 0 unspecified atom stereocenters. The summed E-state index contributed by atoms with van der Waals surface area (Å²) in [6.07, 6.45) is 4.01. The van der Waals surface area contributed by atoms with E-state index in [4.69, 9.17) is 5.73 Å². The van der Waals surface area contributed by atoms with Crippen molar-refractivity contribution < 1.29 is 5.11 Å². The standard InChI is InChI=1S/C10H21NO/c1-9(2,3)8(11)10(12)6-4-5-7-10/h8,12H,4-7,11H2,1-3H3/t8-/m1/s1. The zero-order valence-electron chi connectivity index (χ0n) is 8.43. The van der Waals surface area contributed by atoms with E-state index < -0.39 is 5.60 Å². The largest absolute Gasteiger partial charge is 0.388 e. The lowest BCUT2D eigenvalue weighted by atomic mass is 9.76. The summed E-state index contributed by atoms with van der Waals surface area (Å²) in [5.41, 5.74) is 5.47. The van der Waals surface area contributed by atoms with Gasteiger partial charge in [0.25, 0.3) is 0 Å². The summed E-state index contributed by atoms with van der Waals surface area (Å²) in [5.74, 6) is 0. The van der Waals surface area contributed by atoms with Crippen LogP contribution in [0.1, 0.15) is 46.5 Å². The van der Waals surface area contributed by atoms with Crippen LogP contribution in [0.15, 0.2) is 0 Å². The van der Waals surface area contributed by atoms with Gasteiger partial charge in [-0.3, -0.25) is 0 Å². The molecule has 1 aliphatic carbocycles. The Hall–Kier alpha value is -0.0800. The summed E-state index contributed by atoms with van der Waals surface area (Å²) in [6.45, 7) is 6.27. The highest BCUT2D eigenvalue weighted by Gasteiger charge is 2.42. The Morgan fingerprint density at radius 1 is 1.25 bits per heavy atom. The van der Waals surface area contributed by atoms with Crippen LogP contribution in [-0.2, 0) is 0 Å². The van der Waals surface area contributed by atoms with Gasteiger partial charge in [0, 0.05) is 6.04 Å². The average molecular weight is 171 g/mol. The smallest absolute Gasteiger partial charge is 0.0803 e. The van der Waals surface area contributed by atoms with E-state index in [1.165, 1.54) is 0 Å². The molecule has 0 aromatic heterocycles. The molecule has 0 aromatic carbocycles. The van der Waals surface area contributed by atoms with E-state index in [1.807, 2.05) is 0 Å². The van der Waals surface area contributed by atoms with Crippen LogP contribution >= 0.6 is 0 Å². The second-order valence-electron chi connectivity index (χ2n) is 5.15. The molecule has 0 saturated heterocycles. The van der Waals surface area contributed by atoms with E-state index in [-0.39, 0.29) is 11.5 Å². The first kappa shape index (κ1) is 10.0. The average Bonchev–Trinajstić information content (AvgIpc) is 2.34. The molecule has 0 heterocycles. The van der Waals surface area contributed by atoms with Crippen LogP contribution in [0.4, 0.5) is 0 Å². The third kappa shape index (κ3) is 1.80. The minimum absolute atomic E-state index is 0.0130. The predicted octanol–water partition coefficient (Wildman–Crippen LogP) is 1.66. The van der Waals surface area contributed by atoms with Gasteiger partial charge in [-0.05, 0) is 18.3 Å². The summed E-state index contributed by atoms with van der Waals surface area (Å²) < 4.78 is 0. The van der Waals surface area contributed by atoms with Crippen molar-refractivity contribution in [3.05, 3.63) is 0 Å². The van der Waals surface area contributed by atoms with Crippen molar-refractivity contribution >= 4 is 0 Å². The van der Waals surface area contributed by atoms with Crippen molar-refractivity contribution in [2.24, 2.45) is 11.1 Å². The van der Waals surface area contributed by atoms with Crippen molar-refractivity contribution in [1.82, 2.24) is 0 Å². The van der Waals surface area contributed by atoms with Crippen LogP contribution in [0.3, 0.4) is 0 Å². The molecule has 0 bridgehead atoms. The lowest BCUT2D eigenvalue weighted by molar-refractivity contribution is -0.0145. The number of rotatable bonds is 1. The van der Waals surface area contributed by atoms with Gasteiger partial charge < -0.3 is 10.8 Å². The van der Waals surface area contributed by atoms with Gasteiger partial charge in [0.05, 0.1) is 5.60 Å². The van der Waals surface area contributed by atoms with Crippen LogP contribution in [0.5, 0.6) is 0 Å². The summed E-state index contributed by atoms with van der Waals surface area (Å²) in [6, 6.07) is -0.0903. The molecule has 0 amide bonds. The Morgan fingerprint density at radius 2 is 1.67 bits per heavy atom. The van der Waals surface area contributed by atoms with E-state index in [1.54, 1.807) is 0 Å². The fraction of sp³-hybridized carbons (Fsp3) is 1.00. The molecule has 1 rings (SSSR count). The van der Waals surface area contributed by atoms with Crippen molar-refractivity contribution in [3.63, 3.8) is 0 Å². The maximum Gasteiger partial charge on any atom is 0.0803 e. The van der Waals surface area contributed by atoms with Crippen LogP contribution in [0.25, 0.3) is 0 Å². The van der Waals surface area contributed by atoms with Crippen molar-refractivity contribution in [1.29, 1.82) is 0 Å². The first-order chi connectivity index (χ1) is 5.36. The SMILES string of the molecule is CC(C)(C)[C@@H](N)C1(O)CCCC1. The monoisotopic (exact) mass is 171 g/mol. The highest BCUT2D eigenvalue weighted by Crippen LogP contribution is 2.37. The zero-order valence-corrected chi connectivity index (χ0v) is 8.43. The second kappa shape index (κ2) is 3.00. The molecule has 1 saturated carbocycles. The quantitative estimate of drug-likeness (QED) is 0.630. The van der Waals surface area contributed by atoms with E-state index in [0.29, 0.717) is 0 Å². The molecule has 72 valence electrons. The van der Waals surface area contributed by atoms with Crippen LogP contribution < -0.4 is 5.73 Å². The van der Waals surface area contributed by atoms with Gasteiger partial charge in [0.1, 0.15) is 0 Å². The van der Waals surface area contributed by atoms with Gasteiger partial charge in [0.2, 0.25) is 0 Å². The fourth-order valence-electron chi connectivity index (χ4n) is 2.10. The maximum absolute atomic E-state index is 10.2. The maximum atomic E-state index is 10.2. The predicted molar refractivity (Wildman–Crippen MR) is 50.8 cm³/mol.